The van der Waals surface area contributed by atoms with Crippen molar-refractivity contribution in [3.05, 3.63) is 34.9 Å². The first-order valence-electron chi connectivity index (χ1n) is 5.32. The van der Waals surface area contributed by atoms with Crippen LogP contribution in [0.15, 0.2) is 24.3 Å². The topological polar surface area (TPSA) is 34.1 Å². The molecule has 1 fully saturated rings. The molecule has 0 heterocycles. The Morgan fingerprint density at radius 2 is 2.12 bits per heavy atom. The van der Waals surface area contributed by atoms with Crippen molar-refractivity contribution < 1.29 is 9.00 Å². The Hall–Kier alpha value is -0.670. The molecular formula is C12H13ClO2S. The number of hydrogen-bond donors (Lipinski definition) is 0. The summed E-state index contributed by atoms with van der Waals surface area (Å²) in [5, 5.41) is 0.359. The Kier molecular flexibility index (Phi) is 3.77. The summed E-state index contributed by atoms with van der Waals surface area (Å²) in [6.07, 6.45) is 2.21. The van der Waals surface area contributed by atoms with Gasteiger partial charge in [-0.25, -0.2) is 0 Å². The molecule has 2 nitrogen and oxygen atoms in total. The van der Waals surface area contributed by atoms with E-state index in [-0.39, 0.29) is 11.0 Å². The van der Waals surface area contributed by atoms with Crippen LogP contribution < -0.4 is 0 Å². The van der Waals surface area contributed by atoms with E-state index in [1.54, 1.807) is 6.07 Å². The quantitative estimate of drug-likeness (QED) is 0.833. The predicted octanol–water partition coefficient (Wildman–Crippen LogP) is 2.71. The van der Waals surface area contributed by atoms with Crippen LogP contribution in [-0.2, 0) is 21.3 Å². The van der Waals surface area contributed by atoms with Gasteiger partial charge in [-0.05, 0) is 24.5 Å². The van der Waals surface area contributed by atoms with E-state index in [1.165, 1.54) is 0 Å². The van der Waals surface area contributed by atoms with Gasteiger partial charge in [0.05, 0.1) is 11.0 Å². The second kappa shape index (κ2) is 5.11. The lowest BCUT2D eigenvalue weighted by Gasteiger charge is -2.09. The zero-order valence-corrected chi connectivity index (χ0v) is 10.4. The smallest absolute Gasteiger partial charge is 0.148 e. The average Bonchev–Trinajstić information content (AvgIpc) is 2.68. The molecule has 1 aromatic rings. The molecule has 0 N–H and O–H groups in total. The highest BCUT2D eigenvalue weighted by Crippen LogP contribution is 2.24. The summed E-state index contributed by atoms with van der Waals surface area (Å²) in [5.74, 6) is 0.529. The third kappa shape index (κ3) is 2.53. The number of ketones is 1. The minimum Gasteiger partial charge on any atom is -0.298 e. The van der Waals surface area contributed by atoms with Crippen molar-refractivity contribution in [3.8, 4) is 0 Å². The van der Waals surface area contributed by atoms with E-state index in [4.69, 9.17) is 11.6 Å². The molecule has 0 radical (unpaired) electrons. The second-order valence-electron chi connectivity index (χ2n) is 3.96. The fourth-order valence-corrected chi connectivity index (χ4v) is 3.81. The average molecular weight is 257 g/mol. The first kappa shape index (κ1) is 11.8. The number of halogens is 1. The Balaban J connectivity index is 2.08. The Labute approximate surface area is 102 Å². The number of carbonyl (C=O) groups excluding carboxylic acids is 1. The highest BCUT2D eigenvalue weighted by atomic mass is 35.5. The van der Waals surface area contributed by atoms with Gasteiger partial charge in [0.15, 0.2) is 0 Å². The van der Waals surface area contributed by atoms with Crippen LogP contribution in [0.4, 0.5) is 0 Å². The molecule has 0 saturated heterocycles. The molecule has 0 bridgehead atoms. The minimum atomic E-state index is -1.12. The third-order valence-corrected chi connectivity index (χ3v) is 4.92. The van der Waals surface area contributed by atoms with Gasteiger partial charge in [0.2, 0.25) is 0 Å². The summed E-state index contributed by atoms with van der Waals surface area (Å²) in [7, 11) is -1.12. The summed E-state index contributed by atoms with van der Waals surface area (Å²) < 4.78 is 12.0. The predicted molar refractivity (Wildman–Crippen MR) is 65.9 cm³/mol. The van der Waals surface area contributed by atoms with Crippen LogP contribution in [0.2, 0.25) is 5.02 Å². The maximum Gasteiger partial charge on any atom is 0.148 e. The van der Waals surface area contributed by atoms with Crippen molar-refractivity contribution in [2.75, 3.05) is 0 Å². The van der Waals surface area contributed by atoms with Gasteiger partial charge in [0, 0.05) is 22.2 Å². The molecule has 2 rings (SSSR count). The van der Waals surface area contributed by atoms with Crippen LogP contribution in [0.25, 0.3) is 0 Å². The molecule has 16 heavy (non-hydrogen) atoms. The summed E-state index contributed by atoms with van der Waals surface area (Å²) in [4.78, 5) is 11.5. The van der Waals surface area contributed by atoms with Crippen LogP contribution in [0.1, 0.15) is 24.8 Å². The minimum absolute atomic E-state index is 0.144. The summed E-state index contributed by atoms with van der Waals surface area (Å²) in [6, 6.07) is 7.36. The largest absolute Gasteiger partial charge is 0.298 e. The van der Waals surface area contributed by atoms with E-state index in [2.05, 4.69) is 0 Å². The Morgan fingerprint density at radius 1 is 1.38 bits per heavy atom. The van der Waals surface area contributed by atoms with Crippen LogP contribution in [0.3, 0.4) is 0 Å². The lowest BCUT2D eigenvalue weighted by atomic mass is 10.2. The molecule has 0 spiro atoms. The van der Waals surface area contributed by atoms with E-state index < -0.39 is 10.8 Å². The summed E-state index contributed by atoms with van der Waals surface area (Å²) in [6.45, 7) is 0. The molecule has 0 aliphatic heterocycles. The summed E-state index contributed by atoms with van der Waals surface area (Å²) >= 11 is 5.99. The van der Waals surface area contributed by atoms with Gasteiger partial charge in [-0.3, -0.25) is 9.00 Å². The first-order valence-corrected chi connectivity index (χ1v) is 7.08. The number of carbonyl (C=O) groups is 1. The number of Topliss-reactive ketones (excluding diaryl/α,β-unsaturated/α-hetero) is 1. The van der Waals surface area contributed by atoms with Gasteiger partial charge in [-0.2, -0.15) is 0 Å². The molecular weight excluding hydrogens is 244 g/mol. The van der Waals surface area contributed by atoms with E-state index in [0.717, 1.165) is 18.4 Å². The van der Waals surface area contributed by atoms with Crippen LogP contribution in [0.5, 0.6) is 0 Å². The molecule has 0 amide bonds. The number of hydrogen-bond acceptors (Lipinski definition) is 2. The van der Waals surface area contributed by atoms with Crippen molar-refractivity contribution in [2.24, 2.45) is 0 Å². The van der Waals surface area contributed by atoms with E-state index in [0.29, 0.717) is 17.2 Å². The highest BCUT2D eigenvalue weighted by molar-refractivity contribution is 7.85. The van der Waals surface area contributed by atoms with Gasteiger partial charge in [-0.1, -0.05) is 29.8 Å². The monoisotopic (exact) mass is 256 g/mol. The normalized spacial score (nSPS) is 22.3. The van der Waals surface area contributed by atoms with Gasteiger partial charge in [0.1, 0.15) is 5.78 Å². The van der Waals surface area contributed by atoms with Gasteiger partial charge >= 0.3 is 0 Å². The SMILES string of the molecule is O=C1CCCC1S(=O)Cc1ccccc1Cl. The zero-order valence-electron chi connectivity index (χ0n) is 8.82. The zero-order chi connectivity index (χ0) is 11.5. The molecule has 1 aliphatic carbocycles. The fourth-order valence-electron chi connectivity index (χ4n) is 1.93. The van der Waals surface area contributed by atoms with E-state index in [9.17, 15) is 9.00 Å². The maximum atomic E-state index is 12.0. The van der Waals surface area contributed by atoms with Crippen molar-refractivity contribution in [3.63, 3.8) is 0 Å². The van der Waals surface area contributed by atoms with Crippen LogP contribution in [0, 0.1) is 0 Å². The standard InChI is InChI=1S/C12H13ClO2S/c13-10-5-2-1-4-9(10)8-16(15)12-7-3-6-11(12)14/h1-2,4-5,12H,3,6-8H2. The third-order valence-electron chi connectivity index (χ3n) is 2.82. The molecule has 1 aliphatic rings. The van der Waals surface area contributed by atoms with E-state index in [1.807, 2.05) is 18.2 Å². The Morgan fingerprint density at radius 3 is 2.75 bits per heavy atom. The van der Waals surface area contributed by atoms with Crippen molar-refractivity contribution in [1.82, 2.24) is 0 Å². The van der Waals surface area contributed by atoms with Crippen LogP contribution in [-0.4, -0.2) is 15.2 Å². The van der Waals surface area contributed by atoms with Gasteiger partial charge in [0.25, 0.3) is 0 Å². The van der Waals surface area contributed by atoms with Gasteiger partial charge < -0.3 is 0 Å². The molecule has 1 aromatic carbocycles. The molecule has 2 unspecified atom stereocenters. The molecule has 86 valence electrons. The molecule has 4 heteroatoms. The van der Waals surface area contributed by atoms with Crippen molar-refractivity contribution in [1.29, 1.82) is 0 Å². The van der Waals surface area contributed by atoms with Gasteiger partial charge in [-0.15, -0.1) is 0 Å². The lowest BCUT2D eigenvalue weighted by molar-refractivity contribution is -0.117. The Bertz CT molecular complexity index is 431. The maximum absolute atomic E-state index is 12.0. The second-order valence-corrected chi connectivity index (χ2v) is 5.99. The van der Waals surface area contributed by atoms with Crippen molar-refractivity contribution in [2.45, 2.75) is 30.3 Å². The van der Waals surface area contributed by atoms with Crippen molar-refractivity contribution >= 4 is 28.2 Å². The highest BCUT2D eigenvalue weighted by Gasteiger charge is 2.29. The van der Waals surface area contributed by atoms with E-state index >= 15 is 0 Å². The number of benzene rings is 1. The molecule has 0 aromatic heterocycles. The molecule has 1 saturated carbocycles. The number of rotatable bonds is 3. The fraction of sp³-hybridized carbons (Fsp3) is 0.417. The lowest BCUT2D eigenvalue weighted by Crippen LogP contribution is -2.21. The summed E-state index contributed by atoms with van der Waals surface area (Å²) in [5.41, 5.74) is 0.863. The molecule has 2 atom stereocenters. The van der Waals surface area contributed by atoms with Crippen LogP contribution >= 0.6 is 11.6 Å². The first-order chi connectivity index (χ1) is 7.68.